The Morgan fingerprint density at radius 2 is 1.86 bits per heavy atom. The van der Waals surface area contributed by atoms with Gasteiger partial charge in [-0.2, -0.15) is 0 Å². The van der Waals surface area contributed by atoms with Crippen LogP contribution in [-0.2, 0) is 6.54 Å². The van der Waals surface area contributed by atoms with Crippen LogP contribution >= 0.6 is 0 Å². The zero-order valence-electron chi connectivity index (χ0n) is 13.2. The summed E-state index contributed by atoms with van der Waals surface area (Å²) >= 11 is 0. The van der Waals surface area contributed by atoms with Crippen molar-refractivity contribution < 1.29 is 9.47 Å². The highest BCUT2D eigenvalue weighted by atomic mass is 16.5. The van der Waals surface area contributed by atoms with Crippen LogP contribution in [0, 0.1) is 17.8 Å². The average molecular weight is 289 g/mol. The Morgan fingerprint density at radius 3 is 2.43 bits per heavy atom. The second kappa shape index (κ2) is 6.69. The van der Waals surface area contributed by atoms with Gasteiger partial charge >= 0.3 is 0 Å². The molecule has 1 aromatic rings. The summed E-state index contributed by atoms with van der Waals surface area (Å²) in [4.78, 5) is 0. The molecule has 0 heterocycles. The van der Waals surface area contributed by atoms with Crippen LogP contribution < -0.4 is 14.8 Å². The highest BCUT2D eigenvalue weighted by Crippen LogP contribution is 2.48. The Balaban J connectivity index is 1.52. The van der Waals surface area contributed by atoms with Crippen molar-refractivity contribution in [2.45, 2.75) is 39.2 Å². The van der Waals surface area contributed by atoms with Crippen LogP contribution in [0.4, 0.5) is 0 Å². The third-order valence-electron chi connectivity index (χ3n) is 4.69. The molecule has 0 aliphatic heterocycles. The van der Waals surface area contributed by atoms with Gasteiger partial charge in [-0.15, -0.1) is 0 Å². The number of ether oxygens (including phenoxy) is 2. The van der Waals surface area contributed by atoms with Crippen LogP contribution in [0.25, 0.3) is 0 Å². The fourth-order valence-corrected chi connectivity index (χ4v) is 3.25. The third kappa shape index (κ3) is 3.91. The molecule has 2 saturated carbocycles. The van der Waals surface area contributed by atoms with Crippen LogP contribution in [0.3, 0.4) is 0 Å². The Bertz CT molecular complexity index is 454. The second-order valence-corrected chi connectivity index (χ2v) is 6.39. The number of benzene rings is 1. The molecule has 2 fully saturated rings. The fraction of sp³-hybridized carbons (Fsp3) is 0.667. The van der Waals surface area contributed by atoms with E-state index in [1.54, 1.807) is 7.11 Å². The van der Waals surface area contributed by atoms with Gasteiger partial charge in [-0.05, 0) is 74.6 Å². The molecule has 0 amide bonds. The molecule has 2 aliphatic rings. The minimum Gasteiger partial charge on any atom is -0.493 e. The summed E-state index contributed by atoms with van der Waals surface area (Å²) < 4.78 is 11.0. The quantitative estimate of drug-likeness (QED) is 0.753. The summed E-state index contributed by atoms with van der Waals surface area (Å²) in [6.45, 7) is 4.74. The summed E-state index contributed by atoms with van der Waals surface area (Å²) in [5.74, 6) is 4.61. The van der Waals surface area contributed by atoms with Gasteiger partial charge in [0.05, 0.1) is 13.7 Å². The van der Waals surface area contributed by atoms with Crippen molar-refractivity contribution >= 4 is 0 Å². The van der Waals surface area contributed by atoms with Crippen molar-refractivity contribution in [1.82, 2.24) is 5.32 Å². The monoisotopic (exact) mass is 289 g/mol. The predicted octanol–water partition coefficient (Wildman–Crippen LogP) is 3.62. The van der Waals surface area contributed by atoms with E-state index in [0.29, 0.717) is 6.61 Å². The van der Waals surface area contributed by atoms with Crippen LogP contribution in [0.15, 0.2) is 18.2 Å². The van der Waals surface area contributed by atoms with E-state index in [4.69, 9.17) is 9.47 Å². The number of hydrogen-bond donors (Lipinski definition) is 1. The van der Waals surface area contributed by atoms with Crippen LogP contribution in [0.1, 0.15) is 38.2 Å². The Morgan fingerprint density at radius 1 is 1.14 bits per heavy atom. The highest BCUT2D eigenvalue weighted by molar-refractivity contribution is 5.42. The normalized spacial score (nSPS) is 18.0. The van der Waals surface area contributed by atoms with Crippen molar-refractivity contribution in [2.24, 2.45) is 17.8 Å². The van der Waals surface area contributed by atoms with Gasteiger partial charge in [0.25, 0.3) is 0 Å². The van der Waals surface area contributed by atoms with E-state index in [9.17, 15) is 0 Å². The number of methoxy groups -OCH3 is 1. The molecule has 2 aliphatic carbocycles. The van der Waals surface area contributed by atoms with Gasteiger partial charge in [-0.25, -0.2) is 0 Å². The summed E-state index contributed by atoms with van der Waals surface area (Å²) in [7, 11) is 1.70. The minimum absolute atomic E-state index is 0.665. The Hall–Kier alpha value is -1.22. The molecule has 21 heavy (non-hydrogen) atoms. The molecule has 0 spiro atoms. The van der Waals surface area contributed by atoms with E-state index in [-0.39, 0.29) is 0 Å². The van der Waals surface area contributed by atoms with Gasteiger partial charge in [-0.1, -0.05) is 6.07 Å². The predicted molar refractivity (Wildman–Crippen MR) is 84.8 cm³/mol. The first kappa shape index (κ1) is 14.7. The smallest absolute Gasteiger partial charge is 0.161 e. The molecule has 1 N–H and O–H groups in total. The van der Waals surface area contributed by atoms with Gasteiger partial charge in [-0.3, -0.25) is 0 Å². The van der Waals surface area contributed by atoms with E-state index in [1.165, 1.54) is 37.8 Å². The Labute approximate surface area is 128 Å². The lowest BCUT2D eigenvalue weighted by Gasteiger charge is -2.17. The molecule has 0 atom stereocenters. The first-order chi connectivity index (χ1) is 10.3. The topological polar surface area (TPSA) is 30.5 Å². The summed E-state index contributed by atoms with van der Waals surface area (Å²) in [5, 5.41) is 3.65. The molecule has 1 aromatic carbocycles. The minimum atomic E-state index is 0.665. The molecular weight excluding hydrogens is 262 g/mol. The lowest BCUT2D eigenvalue weighted by Crippen LogP contribution is -2.25. The van der Waals surface area contributed by atoms with Gasteiger partial charge in [0.1, 0.15) is 0 Å². The standard InChI is InChI=1S/C18H27NO2/c1-3-21-17-9-4-13(10-18(17)20-2)11-19-12-16(14-5-6-14)15-7-8-15/h4,9-10,14-16,19H,3,5-8,11-12H2,1-2H3. The van der Waals surface area contributed by atoms with E-state index >= 15 is 0 Å². The molecule has 0 aromatic heterocycles. The Kier molecular flexibility index (Phi) is 4.69. The van der Waals surface area contributed by atoms with Gasteiger partial charge in [0, 0.05) is 6.54 Å². The molecule has 0 bridgehead atoms. The summed E-state index contributed by atoms with van der Waals surface area (Å²) in [6.07, 6.45) is 5.83. The maximum Gasteiger partial charge on any atom is 0.161 e. The second-order valence-electron chi connectivity index (χ2n) is 6.39. The van der Waals surface area contributed by atoms with E-state index in [1.807, 2.05) is 13.0 Å². The summed E-state index contributed by atoms with van der Waals surface area (Å²) in [5.41, 5.74) is 1.26. The molecule has 116 valence electrons. The van der Waals surface area contributed by atoms with E-state index in [2.05, 4.69) is 17.4 Å². The van der Waals surface area contributed by atoms with Crippen molar-refractivity contribution in [1.29, 1.82) is 0 Å². The third-order valence-corrected chi connectivity index (χ3v) is 4.69. The van der Waals surface area contributed by atoms with E-state index < -0.39 is 0 Å². The van der Waals surface area contributed by atoms with Crippen molar-refractivity contribution in [3.8, 4) is 11.5 Å². The zero-order valence-corrected chi connectivity index (χ0v) is 13.2. The lowest BCUT2D eigenvalue weighted by molar-refractivity contribution is 0.310. The maximum atomic E-state index is 5.56. The average Bonchev–Trinajstić information content (AvgIpc) is 3.38. The van der Waals surface area contributed by atoms with Gasteiger partial charge < -0.3 is 14.8 Å². The van der Waals surface area contributed by atoms with Crippen molar-refractivity contribution in [2.75, 3.05) is 20.3 Å². The largest absolute Gasteiger partial charge is 0.493 e. The van der Waals surface area contributed by atoms with Crippen molar-refractivity contribution in [3.63, 3.8) is 0 Å². The van der Waals surface area contributed by atoms with Gasteiger partial charge in [0.2, 0.25) is 0 Å². The van der Waals surface area contributed by atoms with Crippen LogP contribution in [0.2, 0.25) is 0 Å². The molecular formula is C18H27NO2. The van der Waals surface area contributed by atoms with E-state index in [0.717, 1.165) is 35.8 Å². The highest BCUT2D eigenvalue weighted by Gasteiger charge is 2.40. The zero-order chi connectivity index (χ0) is 14.7. The molecule has 0 radical (unpaired) electrons. The number of hydrogen-bond acceptors (Lipinski definition) is 3. The molecule has 3 rings (SSSR count). The van der Waals surface area contributed by atoms with Gasteiger partial charge in [0.15, 0.2) is 11.5 Å². The van der Waals surface area contributed by atoms with Crippen molar-refractivity contribution in [3.05, 3.63) is 23.8 Å². The molecule has 0 unspecified atom stereocenters. The molecule has 3 nitrogen and oxygen atoms in total. The first-order valence-corrected chi connectivity index (χ1v) is 8.32. The fourth-order valence-electron chi connectivity index (χ4n) is 3.25. The maximum absolute atomic E-state index is 5.56. The lowest BCUT2D eigenvalue weighted by atomic mass is 9.98. The molecule has 3 heteroatoms. The number of rotatable bonds is 9. The van der Waals surface area contributed by atoms with Crippen LogP contribution in [0.5, 0.6) is 11.5 Å². The molecule has 0 saturated heterocycles. The van der Waals surface area contributed by atoms with Crippen LogP contribution in [-0.4, -0.2) is 20.3 Å². The summed E-state index contributed by atoms with van der Waals surface area (Å²) in [6, 6.07) is 6.23. The first-order valence-electron chi connectivity index (χ1n) is 8.32. The SMILES string of the molecule is CCOc1ccc(CNCC(C2CC2)C2CC2)cc1OC. The number of nitrogens with one attached hydrogen (secondary N) is 1.